The fraction of sp³-hybridized carbons (Fsp3) is 1.00. The number of hydrogen-bond acceptors (Lipinski definition) is 0. The van der Waals surface area contributed by atoms with Crippen LogP contribution < -0.4 is 0 Å². The zero-order valence-corrected chi connectivity index (χ0v) is 6.63. The first-order chi connectivity index (χ1) is 3.48. The molecule has 7 heavy (non-hydrogen) atoms. The second kappa shape index (κ2) is 2.67. The quantitative estimate of drug-likeness (QED) is 0.490. The molecule has 0 saturated heterocycles. The highest BCUT2D eigenvalue weighted by Crippen LogP contribution is 2.46. The molecule has 0 aromatic rings. The van der Waals surface area contributed by atoms with Crippen LogP contribution in [-0.4, -0.2) is 26.1 Å². The molecule has 0 N–H and O–H groups in total. The molecule has 0 aliphatic carbocycles. The van der Waals surface area contributed by atoms with Gasteiger partial charge in [-0.05, 0) is 6.42 Å². The van der Waals surface area contributed by atoms with Gasteiger partial charge in [0, 0.05) is 27.3 Å². The van der Waals surface area contributed by atoms with Crippen molar-refractivity contribution in [2.45, 2.75) is 13.3 Å². The maximum atomic E-state index is 7.52. The molecule has 0 bridgehead atoms. The Balaban J connectivity index is 3.62. The summed E-state index contributed by atoms with van der Waals surface area (Å²) in [5.41, 5.74) is 0. The molecule has 0 aliphatic rings. The largest absolute Gasteiger partial charge is 0.0708 e. The third-order valence-corrected chi connectivity index (χ3v) is 2.19. The van der Waals surface area contributed by atoms with Gasteiger partial charge in [-0.2, -0.15) is 0 Å². The monoisotopic (exact) mass is 120 g/mol. The second-order valence-corrected chi connectivity index (χ2v) is 7.30. The van der Waals surface area contributed by atoms with E-state index in [1.54, 1.807) is 0 Å². The Morgan fingerprint density at radius 2 is 1.86 bits per heavy atom. The van der Waals surface area contributed by atoms with Gasteiger partial charge in [-0.3, -0.25) is 0 Å². The molecule has 0 rings (SSSR count). The minimum Gasteiger partial charge on any atom is -0.0619 e. The van der Waals surface area contributed by atoms with Crippen molar-refractivity contribution in [2.24, 2.45) is 0 Å². The average molecular weight is 120 g/mol. The molecule has 0 spiro atoms. The van der Waals surface area contributed by atoms with Crippen LogP contribution in [0.5, 0.6) is 0 Å². The van der Waals surface area contributed by atoms with Crippen molar-refractivity contribution < 1.29 is 1.37 Å². The summed E-state index contributed by atoms with van der Waals surface area (Å²) < 4.78 is 7.52. The summed E-state index contributed by atoms with van der Waals surface area (Å²) >= 11 is 0. The lowest BCUT2D eigenvalue weighted by molar-refractivity contribution is 1.09. The van der Waals surface area contributed by atoms with E-state index in [4.69, 9.17) is 1.37 Å². The van der Waals surface area contributed by atoms with Gasteiger partial charge < -0.3 is 0 Å². The van der Waals surface area contributed by atoms with Crippen LogP contribution in [0.4, 0.5) is 0 Å². The molecule has 0 radical (unpaired) electrons. The Morgan fingerprint density at radius 1 is 1.43 bits per heavy atom. The van der Waals surface area contributed by atoms with Crippen LogP contribution in [0.25, 0.3) is 0 Å². The van der Waals surface area contributed by atoms with Crippen molar-refractivity contribution in [3.63, 3.8) is 0 Å². The summed E-state index contributed by atoms with van der Waals surface area (Å²) in [7, 11) is -0.840. The Hall–Kier alpha value is 0.430. The lowest BCUT2D eigenvalue weighted by Gasteiger charge is -2.08. The number of hydrogen-bond donors (Lipinski definition) is 0. The van der Waals surface area contributed by atoms with E-state index in [9.17, 15) is 0 Å². The lowest BCUT2D eigenvalue weighted by atomic mass is 10.6. The first-order valence-corrected chi connectivity index (χ1v) is 5.91. The lowest BCUT2D eigenvalue weighted by Crippen LogP contribution is -1.89. The summed E-state index contributed by atoms with van der Waals surface area (Å²) in [5, 5.41) is 0. The predicted octanol–water partition coefficient (Wildman–Crippen LogP) is 2.30. The van der Waals surface area contributed by atoms with E-state index in [1.807, 2.05) is 0 Å². The van der Waals surface area contributed by atoms with E-state index in [0.29, 0.717) is 0 Å². The highest BCUT2D eigenvalue weighted by Gasteiger charge is 2.13. The molecule has 0 fully saturated rings. The van der Waals surface area contributed by atoms with Gasteiger partial charge in [0.25, 0.3) is 0 Å². The van der Waals surface area contributed by atoms with E-state index in [0.717, 1.165) is 6.42 Å². The molecule has 1 heteroatoms. The van der Waals surface area contributed by atoms with Gasteiger partial charge in [-0.25, -0.2) is 0 Å². The normalized spacial score (nSPS) is 18.6. The summed E-state index contributed by atoms with van der Waals surface area (Å²) in [5.74, 6) is 0. The molecule has 1 atom stereocenters. The zero-order valence-electron chi connectivity index (χ0n) is 6.73. The van der Waals surface area contributed by atoms with E-state index >= 15 is 0 Å². The summed E-state index contributed by atoms with van der Waals surface area (Å²) in [6.07, 6.45) is 1.22. The van der Waals surface area contributed by atoms with Gasteiger partial charge in [0.05, 0.1) is 7.51 Å². The van der Waals surface area contributed by atoms with Crippen LogP contribution in [0.2, 0.25) is 0 Å². The van der Waals surface area contributed by atoms with Crippen LogP contribution >= 0.6 is 7.26 Å². The van der Waals surface area contributed by atoms with E-state index in [2.05, 4.69) is 26.9 Å². The van der Waals surface area contributed by atoms with Crippen molar-refractivity contribution >= 4 is 7.26 Å². The molecule has 0 heterocycles. The molecule has 0 aromatic heterocycles. The van der Waals surface area contributed by atoms with Gasteiger partial charge in [-0.15, -0.1) is 0 Å². The average Bonchev–Trinajstić information content (AvgIpc) is 1.62. The molecule has 0 amide bonds. The van der Waals surface area contributed by atoms with Crippen LogP contribution in [0, 0.1) is 0 Å². The van der Waals surface area contributed by atoms with Crippen molar-refractivity contribution in [3.8, 4) is 0 Å². The highest BCUT2D eigenvalue weighted by atomic mass is 31.2. The predicted molar refractivity (Wildman–Crippen MR) is 39.9 cm³/mol. The zero-order chi connectivity index (χ0) is 6.78. The molecule has 1 unspecified atom stereocenters. The van der Waals surface area contributed by atoms with Gasteiger partial charge in [-0.1, -0.05) is 6.92 Å². The van der Waals surface area contributed by atoms with Crippen LogP contribution in [0.1, 0.15) is 14.7 Å². The summed E-state index contributed by atoms with van der Waals surface area (Å²) in [4.78, 5) is 0. The Kier molecular flexibility index (Phi) is 2.12. The Bertz CT molecular complexity index is 65.4. The first kappa shape index (κ1) is 5.56. The summed E-state index contributed by atoms with van der Waals surface area (Å²) in [6, 6.07) is 0. The van der Waals surface area contributed by atoms with Crippen molar-refractivity contribution in [1.29, 1.82) is 0 Å². The molecule has 0 aromatic carbocycles. The SMILES string of the molecule is [2H]C(CC)[P+](C)(C)C. The van der Waals surface area contributed by atoms with Gasteiger partial charge in [0.1, 0.15) is 0 Å². The maximum absolute atomic E-state index is 7.52. The smallest absolute Gasteiger partial charge is 0.0619 e. The van der Waals surface area contributed by atoms with Crippen molar-refractivity contribution in [1.82, 2.24) is 0 Å². The van der Waals surface area contributed by atoms with Gasteiger partial charge >= 0.3 is 0 Å². The molecule has 0 nitrogen and oxygen atoms in total. The van der Waals surface area contributed by atoms with E-state index in [1.165, 1.54) is 0 Å². The maximum Gasteiger partial charge on any atom is 0.0708 e. The van der Waals surface area contributed by atoms with E-state index < -0.39 is 7.26 Å². The fourth-order valence-corrected chi connectivity index (χ4v) is 1.64. The molecule has 0 saturated carbocycles. The molecular formula is C6H16P+. The Morgan fingerprint density at radius 3 is 1.86 bits per heavy atom. The van der Waals surface area contributed by atoms with Gasteiger partial charge in [0.15, 0.2) is 0 Å². The van der Waals surface area contributed by atoms with Crippen molar-refractivity contribution in [2.75, 3.05) is 26.1 Å². The van der Waals surface area contributed by atoms with Crippen LogP contribution in [-0.2, 0) is 0 Å². The molecular weight excluding hydrogens is 103 g/mol. The molecule has 0 aliphatic heterocycles. The highest BCUT2D eigenvalue weighted by molar-refractivity contribution is 7.73. The topological polar surface area (TPSA) is 0 Å². The van der Waals surface area contributed by atoms with E-state index in [-0.39, 0.29) is 6.14 Å². The third-order valence-electron chi connectivity index (χ3n) is 0.730. The first-order valence-electron chi connectivity index (χ1n) is 3.29. The number of rotatable bonds is 2. The van der Waals surface area contributed by atoms with Crippen LogP contribution in [0.3, 0.4) is 0 Å². The fourth-order valence-electron chi connectivity index (χ4n) is 0.548. The third kappa shape index (κ3) is 6.43. The minimum atomic E-state index is -0.840. The Labute approximate surface area is 49.1 Å². The van der Waals surface area contributed by atoms with Gasteiger partial charge in [0.2, 0.25) is 0 Å². The summed E-state index contributed by atoms with van der Waals surface area (Å²) in [6.45, 7) is 8.74. The second-order valence-electron chi connectivity index (χ2n) is 2.71. The van der Waals surface area contributed by atoms with Crippen molar-refractivity contribution in [3.05, 3.63) is 0 Å². The standard InChI is InChI=1S/C6H16P/c1-5-6-7(2,3)4/h5-6H2,1-4H3/q+1/i6D. The molecule has 44 valence electrons. The van der Waals surface area contributed by atoms with Crippen LogP contribution in [0.15, 0.2) is 0 Å². The minimum absolute atomic E-state index is 0.211.